The van der Waals surface area contributed by atoms with Gasteiger partial charge in [0.1, 0.15) is 5.82 Å². The summed E-state index contributed by atoms with van der Waals surface area (Å²) < 4.78 is 2.11. The molecule has 0 fully saturated rings. The molecule has 0 radical (unpaired) electrons. The number of anilines is 1. The van der Waals surface area contributed by atoms with Crippen LogP contribution in [0.4, 0.5) is 5.82 Å². The highest BCUT2D eigenvalue weighted by atomic mass is 127. The van der Waals surface area contributed by atoms with Crippen LogP contribution < -0.4 is 16.8 Å². The topological polar surface area (TPSA) is 85.8 Å². The van der Waals surface area contributed by atoms with Crippen molar-refractivity contribution in [1.29, 1.82) is 0 Å². The molecule has 106 valence electrons. The third kappa shape index (κ3) is 2.74. The lowest BCUT2D eigenvalue weighted by Crippen LogP contribution is -2.24. The average molecular weight is 393 g/mol. The number of nitrogen functional groups attached to an aromatic ring is 1. The maximum atomic E-state index is 12.1. The number of para-hydroxylation sites is 1. The van der Waals surface area contributed by atoms with Crippen LogP contribution >= 0.6 is 22.6 Å². The van der Waals surface area contributed by atoms with Crippen molar-refractivity contribution in [1.82, 2.24) is 14.5 Å². The normalized spacial score (nSPS) is 10.8. The molecule has 21 heavy (non-hydrogen) atoms. The van der Waals surface area contributed by atoms with E-state index in [0.717, 1.165) is 16.5 Å². The molecular weight excluding hydrogens is 381 g/mol. The molecule has 0 saturated carbocycles. The van der Waals surface area contributed by atoms with Crippen LogP contribution in [0.15, 0.2) is 47.7 Å². The van der Waals surface area contributed by atoms with E-state index < -0.39 is 0 Å². The number of nitrogens with two attached hydrogens (primary N) is 1. The van der Waals surface area contributed by atoms with Crippen molar-refractivity contribution in [3.05, 3.63) is 62.3 Å². The lowest BCUT2D eigenvalue weighted by molar-refractivity contribution is 0.729. The van der Waals surface area contributed by atoms with Crippen LogP contribution in [0, 0.1) is 3.57 Å². The number of pyridine rings is 1. The summed E-state index contributed by atoms with van der Waals surface area (Å²) in [6.07, 6.45) is 3.06. The number of hydrogen-bond donors (Lipinski definition) is 2. The standard InChI is InChI=1S/C14H12IN5O/c15-11-6-17-8-20(14(11)21)7-10-5-9-3-1-2-4-12(9)18-13(10)19-16/h1-6,8H,7,16H2,(H,18,19). The molecule has 0 spiro atoms. The maximum absolute atomic E-state index is 12.1. The molecule has 0 saturated heterocycles. The van der Waals surface area contributed by atoms with Crippen molar-refractivity contribution < 1.29 is 0 Å². The molecule has 7 heteroatoms. The molecule has 1 aromatic carbocycles. The van der Waals surface area contributed by atoms with Crippen LogP contribution in [0.25, 0.3) is 10.9 Å². The first kappa shape index (κ1) is 14.0. The zero-order chi connectivity index (χ0) is 14.8. The molecule has 2 aromatic heterocycles. The molecule has 2 heterocycles. The lowest BCUT2D eigenvalue weighted by Gasteiger charge is -2.11. The van der Waals surface area contributed by atoms with Crippen LogP contribution in [0.2, 0.25) is 0 Å². The monoisotopic (exact) mass is 393 g/mol. The third-order valence-corrected chi connectivity index (χ3v) is 3.88. The van der Waals surface area contributed by atoms with E-state index in [1.54, 1.807) is 6.20 Å². The van der Waals surface area contributed by atoms with Gasteiger partial charge in [-0.05, 0) is 34.7 Å². The van der Waals surface area contributed by atoms with Gasteiger partial charge in [-0.15, -0.1) is 0 Å². The minimum Gasteiger partial charge on any atom is -0.308 e. The molecule has 3 N–H and O–H groups in total. The van der Waals surface area contributed by atoms with E-state index in [1.807, 2.05) is 52.9 Å². The lowest BCUT2D eigenvalue weighted by atomic mass is 10.1. The minimum absolute atomic E-state index is 0.0817. The predicted molar refractivity (Wildman–Crippen MR) is 89.9 cm³/mol. The van der Waals surface area contributed by atoms with E-state index in [-0.39, 0.29) is 5.56 Å². The number of rotatable bonds is 3. The van der Waals surface area contributed by atoms with Crippen LogP contribution in [-0.2, 0) is 6.54 Å². The third-order valence-electron chi connectivity index (χ3n) is 3.14. The summed E-state index contributed by atoms with van der Waals surface area (Å²) in [5.41, 5.74) is 4.20. The van der Waals surface area contributed by atoms with Crippen molar-refractivity contribution in [2.75, 3.05) is 5.43 Å². The smallest absolute Gasteiger partial charge is 0.267 e. The number of aromatic nitrogens is 3. The van der Waals surface area contributed by atoms with Crippen molar-refractivity contribution >= 4 is 39.3 Å². The van der Waals surface area contributed by atoms with Crippen molar-refractivity contribution in [3.63, 3.8) is 0 Å². The SMILES string of the molecule is NNc1nc2ccccc2cc1Cn1cncc(I)c1=O. The predicted octanol–water partition coefficient (Wildman–Crippen LogP) is 1.73. The molecule has 0 bridgehead atoms. The van der Waals surface area contributed by atoms with Gasteiger partial charge >= 0.3 is 0 Å². The Balaban J connectivity index is 2.11. The number of nitrogens with zero attached hydrogens (tertiary/aromatic N) is 3. The number of fused-ring (bicyclic) bond motifs is 1. The Kier molecular flexibility index (Phi) is 3.84. The minimum atomic E-state index is -0.0817. The second-order valence-corrected chi connectivity index (χ2v) is 5.67. The van der Waals surface area contributed by atoms with E-state index in [2.05, 4.69) is 15.4 Å². The van der Waals surface area contributed by atoms with Gasteiger partial charge in [-0.2, -0.15) is 0 Å². The summed E-state index contributed by atoms with van der Waals surface area (Å²) in [4.78, 5) is 20.6. The zero-order valence-electron chi connectivity index (χ0n) is 11.0. The summed E-state index contributed by atoms with van der Waals surface area (Å²) in [5.74, 6) is 6.10. The molecule has 6 nitrogen and oxygen atoms in total. The van der Waals surface area contributed by atoms with Gasteiger partial charge in [-0.3, -0.25) is 9.36 Å². The Morgan fingerprint density at radius 1 is 1.33 bits per heavy atom. The molecule has 0 atom stereocenters. The van der Waals surface area contributed by atoms with Gasteiger partial charge in [0.05, 0.1) is 22.0 Å². The van der Waals surface area contributed by atoms with Crippen LogP contribution in [0.1, 0.15) is 5.56 Å². The van der Waals surface area contributed by atoms with Crippen LogP contribution in [0.5, 0.6) is 0 Å². The largest absolute Gasteiger partial charge is 0.308 e. The van der Waals surface area contributed by atoms with Gasteiger partial charge in [0.15, 0.2) is 0 Å². The van der Waals surface area contributed by atoms with Crippen molar-refractivity contribution in [2.24, 2.45) is 5.84 Å². The van der Waals surface area contributed by atoms with Gasteiger partial charge < -0.3 is 5.43 Å². The second kappa shape index (κ2) is 5.78. The van der Waals surface area contributed by atoms with E-state index in [0.29, 0.717) is 15.9 Å². The quantitative estimate of drug-likeness (QED) is 0.402. The first-order chi connectivity index (χ1) is 10.2. The molecule has 0 aliphatic carbocycles. The fourth-order valence-corrected chi connectivity index (χ4v) is 2.60. The number of hydrogen-bond acceptors (Lipinski definition) is 5. The Labute approximate surface area is 134 Å². The number of hydrazine groups is 1. The second-order valence-electron chi connectivity index (χ2n) is 4.51. The summed E-state index contributed by atoms with van der Waals surface area (Å²) in [7, 11) is 0. The van der Waals surface area contributed by atoms with Gasteiger partial charge in [0.25, 0.3) is 5.56 Å². The highest BCUT2D eigenvalue weighted by Crippen LogP contribution is 2.20. The Bertz CT molecular complexity index is 861. The van der Waals surface area contributed by atoms with E-state index >= 15 is 0 Å². The summed E-state index contributed by atoms with van der Waals surface area (Å²) in [6, 6.07) is 9.73. The number of halogens is 1. The summed E-state index contributed by atoms with van der Waals surface area (Å²) >= 11 is 1.97. The molecular formula is C14H12IN5O. The van der Waals surface area contributed by atoms with Gasteiger partial charge in [0, 0.05) is 17.1 Å². The van der Waals surface area contributed by atoms with E-state index in [4.69, 9.17) is 5.84 Å². The van der Waals surface area contributed by atoms with E-state index in [1.165, 1.54) is 10.9 Å². The zero-order valence-corrected chi connectivity index (χ0v) is 13.1. The van der Waals surface area contributed by atoms with Crippen molar-refractivity contribution in [2.45, 2.75) is 6.54 Å². The molecule has 3 aromatic rings. The maximum Gasteiger partial charge on any atom is 0.267 e. The molecule has 3 rings (SSSR count). The molecule has 0 unspecified atom stereocenters. The first-order valence-electron chi connectivity index (χ1n) is 6.24. The van der Waals surface area contributed by atoms with Crippen molar-refractivity contribution in [3.8, 4) is 0 Å². The fraction of sp³-hybridized carbons (Fsp3) is 0.0714. The van der Waals surface area contributed by atoms with Gasteiger partial charge in [-0.1, -0.05) is 18.2 Å². The number of benzene rings is 1. The van der Waals surface area contributed by atoms with Crippen LogP contribution in [-0.4, -0.2) is 14.5 Å². The first-order valence-corrected chi connectivity index (χ1v) is 7.32. The molecule has 0 aliphatic heterocycles. The Morgan fingerprint density at radius 3 is 2.95 bits per heavy atom. The molecule has 0 aliphatic rings. The van der Waals surface area contributed by atoms with Gasteiger partial charge in [0.2, 0.25) is 0 Å². The highest BCUT2D eigenvalue weighted by Gasteiger charge is 2.08. The molecule has 0 amide bonds. The average Bonchev–Trinajstić information content (AvgIpc) is 2.51. The fourth-order valence-electron chi connectivity index (χ4n) is 2.13. The highest BCUT2D eigenvalue weighted by molar-refractivity contribution is 14.1. The number of nitrogens with one attached hydrogen (secondary N) is 1. The van der Waals surface area contributed by atoms with Crippen LogP contribution in [0.3, 0.4) is 0 Å². The Morgan fingerprint density at radius 2 is 2.14 bits per heavy atom. The Hall–Kier alpha value is -2.00. The summed E-state index contributed by atoms with van der Waals surface area (Å²) in [5, 5.41) is 0.998. The summed E-state index contributed by atoms with van der Waals surface area (Å²) in [6.45, 7) is 0.361. The van der Waals surface area contributed by atoms with E-state index in [9.17, 15) is 4.79 Å². The van der Waals surface area contributed by atoms with Gasteiger partial charge in [-0.25, -0.2) is 15.8 Å².